The summed E-state index contributed by atoms with van der Waals surface area (Å²) in [6.45, 7) is 5.81. The maximum Gasteiger partial charge on any atom is 0.0991 e. The number of morpholine rings is 1. The van der Waals surface area contributed by atoms with Crippen LogP contribution in [0.1, 0.15) is 30.5 Å². The summed E-state index contributed by atoms with van der Waals surface area (Å²) in [6, 6.07) is 10.4. The first-order chi connectivity index (χ1) is 9.80. The second-order valence-electron chi connectivity index (χ2n) is 5.18. The second kappa shape index (κ2) is 7.39. The Labute approximate surface area is 121 Å². The number of likely N-dealkylation sites (N-methyl/N-ethyl adjacent to an activating group) is 1. The van der Waals surface area contributed by atoms with Crippen molar-refractivity contribution in [2.45, 2.75) is 25.5 Å². The third-order valence-corrected chi connectivity index (χ3v) is 3.73. The van der Waals surface area contributed by atoms with Crippen LogP contribution in [-0.2, 0) is 4.74 Å². The van der Waals surface area contributed by atoms with Gasteiger partial charge in [-0.2, -0.15) is 5.26 Å². The van der Waals surface area contributed by atoms with E-state index in [9.17, 15) is 0 Å². The lowest BCUT2D eigenvalue weighted by molar-refractivity contribution is -0.0704. The number of ether oxygens (including phenoxy) is 1. The van der Waals surface area contributed by atoms with E-state index >= 15 is 0 Å². The quantitative estimate of drug-likeness (QED) is 0.890. The Morgan fingerprint density at radius 1 is 1.50 bits per heavy atom. The van der Waals surface area contributed by atoms with Gasteiger partial charge in [0.2, 0.25) is 0 Å². The van der Waals surface area contributed by atoms with Gasteiger partial charge in [-0.3, -0.25) is 4.90 Å². The fourth-order valence-corrected chi connectivity index (χ4v) is 2.91. The van der Waals surface area contributed by atoms with Gasteiger partial charge in [0, 0.05) is 13.1 Å². The highest BCUT2D eigenvalue weighted by Crippen LogP contribution is 2.30. The van der Waals surface area contributed by atoms with E-state index in [1.165, 1.54) is 5.56 Å². The van der Waals surface area contributed by atoms with Gasteiger partial charge in [-0.05, 0) is 37.7 Å². The molecule has 2 atom stereocenters. The fraction of sp³-hybridized carbons (Fsp3) is 0.562. The molecule has 1 aromatic rings. The zero-order chi connectivity index (χ0) is 14.4. The average Bonchev–Trinajstić information content (AvgIpc) is 2.48. The van der Waals surface area contributed by atoms with Gasteiger partial charge in [0.1, 0.15) is 0 Å². The lowest BCUT2D eigenvalue weighted by Gasteiger charge is -2.41. The van der Waals surface area contributed by atoms with E-state index in [1.54, 1.807) is 0 Å². The summed E-state index contributed by atoms with van der Waals surface area (Å²) in [4.78, 5) is 2.47. The van der Waals surface area contributed by atoms with E-state index in [2.05, 4.69) is 29.3 Å². The molecule has 1 aliphatic rings. The van der Waals surface area contributed by atoms with Crippen LogP contribution in [0.15, 0.2) is 24.3 Å². The third kappa shape index (κ3) is 3.37. The maximum atomic E-state index is 9.09. The van der Waals surface area contributed by atoms with Crippen LogP contribution in [-0.4, -0.2) is 44.3 Å². The molecule has 4 nitrogen and oxygen atoms in total. The summed E-state index contributed by atoms with van der Waals surface area (Å²) in [6.07, 6.45) is 1.26. The Morgan fingerprint density at radius 2 is 2.35 bits per heavy atom. The largest absolute Gasteiger partial charge is 0.374 e. The van der Waals surface area contributed by atoms with Crippen molar-refractivity contribution in [2.75, 3.05) is 33.3 Å². The third-order valence-electron chi connectivity index (χ3n) is 3.73. The van der Waals surface area contributed by atoms with E-state index in [0.29, 0.717) is 5.56 Å². The molecule has 2 rings (SSSR count). The van der Waals surface area contributed by atoms with Crippen LogP contribution in [0.4, 0.5) is 0 Å². The molecule has 1 aromatic carbocycles. The van der Waals surface area contributed by atoms with Crippen molar-refractivity contribution in [1.82, 2.24) is 10.2 Å². The Balaban J connectivity index is 2.30. The molecule has 1 fully saturated rings. The topological polar surface area (TPSA) is 48.3 Å². The first kappa shape index (κ1) is 15.0. The Kier molecular flexibility index (Phi) is 5.54. The van der Waals surface area contributed by atoms with Crippen molar-refractivity contribution in [2.24, 2.45) is 0 Å². The Hall–Kier alpha value is -1.41. The molecular formula is C16H23N3O. The maximum absolute atomic E-state index is 9.09. The monoisotopic (exact) mass is 273 g/mol. The van der Waals surface area contributed by atoms with Crippen LogP contribution in [0, 0.1) is 11.3 Å². The molecule has 0 saturated carbocycles. The van der Waals surface area contributed by atoms with Gasteiger partial charge in [-0.15, -0.1) is 0 Å². The molecule has 108 valence electrons. The molecule has 0 bridgehead atoms. The SMILES string of the molecule is CCCN1CCOC(CNC)C1c1cccc(C#N)c1. The van der Waals surface area contributed by atoms with Crippen molar-refractivity contribution in [3.8, 4) is 6.07 Å². The molecule has 0 aromatic heterocycles. The molecule has 0 aliphatic carbocycles. The Bertz CT molecular complexity index is 451. The van der Waals surface area contributed by atoms with E-state index in [4.69, 9.17) is 10.00 Å². The molecule has 0 radical (unpaired) electrons. The van der Waals surface area contributed by atoms with E-state index in [0.717, 1.165) is 32.7 Å². The van der Waals surface area contributed by atoms with Gasteiger partial charge in [0.15, 0.2) is 0 Å². The summed E-state index contributed by atoms with van der Waals surface area (Å²) < 4.78 is 5.95. The number of rotatable bonds is 5. The molecule has 20 heavy (non-hydrogen) atoms. The number of nitriles is 1. The molecule has 2 unspecified atom stereocenters. The minimum atomic E-state index is 0.134. The summed E-state index contributed by atoms with van der Waals surface area (Å²) >= 11 is 0. The summed E-state index contributed by atoms with van der Waals surface area (Å²) in [5, 5.41) is 12.3. The first-order valence-electron chi connectivity index (χ1n) is 7.30. The van der Waals surface area contributed by atoms with Crippen molar-refractivity contribution < 1.29 is 4.74 Å². The predicted molar refractivity (Wildman–Crippen MR) is 79.4 cm³/mol. The zero-order valence-corrected chi connectivity index (χ0v) is 12.3. The highest BCUT2D eigenvalue weighted by molar-refractivity contribution is 5.35. The summed E-state index contributed by atoms with van der Waals surface area (Å²) in [7, 11) is 1.95. The van der Waals surface area contributed by atoms with Gasteiger partial charge >= 0.3 is 0 Å². The van der Waals surface area contributed by atoms with Gasteiger partial charge < -0.3 is 10.1 Å². The van der Waals surface area contributed by atoms with Crippen LogP contribution in [0.25, 0.3) is 0 Å². The number of benzene rings is 1. The van der Waals surface area contributed by atoms with Crippen molar-refractivity contribution >= 4 is 0 Å². The van der Waals surface area contributed by atoms with Crippen molar-refractivity contribution in [1.29, 1.82) is 5.26 Å². The van der Waals surface area contributed by atoms with E-state index in [-0.39, 0.29) is 12.1 Å². The van der Waals surface area contributed by atoms with Crippen LogP contribution in [0.2, 0.25) is 0 Å². The Morgan fingerprint density at radius 3 is 3.05 bits per heavy atom. The minimum Gasteiger partial charge on any atom is -0.374 e. The lowest BCUT2D eigenvalue weighted by Crippen LogP contribution is -2.48. The van der Waals surface area contributed by atoms with Crippen LogP contribution >= 0.6 is 0 Å². The normalized spacial score (nSPS) is 23.4. The number of nitrogens with one attached hydrogen (secondary N) is 1. The van der Waals surface area contributed by atoms with Crippen LogP contribution in [0.5, 0.6) is 0 Å². The molecule has 0 spiro atoms. The summed E-state index contributed by atoms with van der Waals surface area (Å²) in [5.41, 5.74) is 1.89. The first-order valence-corrected chi connectivity index (χ1v) is 7.30. The van der Waals surface area contributed by atoms with E-state index in [1.807, 2.05) is 25.2 Å². The van der Waals surface area contributed by atoms with Crippen LogP contribution < -0.4 is 5.32 Å². The van der Waals surface area contributed by atoms with Gasteiger partial charge in [0.25, 0.3) is 0 Å². The van der Waals surface area contributed by atoms with Gasteiger partial charge in [0.05, 0.1) is 30.4 Å². The number of hydrogen-bond acceptors (Lipinski definition) is 4. The zero-order valence-electron chi connectivity index (χ0n) is 12.3. The van der Waals surface area contributed by atoms with Gasteiger partial charge in [-0.1, -0.05) is 19.1 Å². The molecular weight excluding hydrogens is 250 g/mol. The lowest BCUT2D eigenvalue weighted by atomic mass is 9.96. The highest BCUT2D eigenvalue weighted by atomic mass is 16.5. The van der Waals surface area contributed by atoms with Crippen molar-refractivity contribution in [3.05, 3.63) is 35.4 Å². The second-order valence-corrected chi connectivity index (χ2v) is 5.18. The molecule has 1 aliphatic heterocycles. The molecule has 1 N–H and O–H groups in total. The highest BCUT2D eigenvalue weighted by Gasteiger charge is 2.32. The number of nitrogens with zero attached hydrogens (tertiary/aromatic N) is 2. The molecule has 1 saturated heterocycles. The van der Waals surface area contributed by atoms with Gasteiger partial charge in [-0.25, -0.2) is 0 Å². The van der Waals surface area contributed by atoms with Crippen molar-refractivity contribution in [3.63, 3.8) is 0 Å². The van der Waals surface area contributed by atoms with E-state index < -0.39 is 0 Å². The molecule has 1 heterocycles. The minimum absolute atomic E-state index is 0.134. The fourth-order valence-electron chi connectivity index (χ4n) is 2.91. The van der Waals surface area contributed by atoms with Crippen LogP contribution in [0.3, 0.4) is 0 Å². The predicted octanol–water partition coefficient (Wildman–Crippen LogP) is 1.93. The molecule has 4 heteroatoms. The smallest absolute Gasteiger partial charge is 0.0991 e. The average molecular weight is 273 g/mol. The summed E-state index contributed by atoms with van der Waals surface area (Å²) in [5.74, 6) is 0. The molecule has 0 amide bonds. The number of hydrogen-bond donors (Lipinski definition) is 1. The standard InChI is InChI=1S/C16H23N3O/c1-3-7-19-8-9-20-15(12-18-2)16(19)14-6-4-5-13(10-14)11-17/h4-6,10,15-16,18H,3,7-9,12H2,1-2H3.